The summed E-state index contributed by atoms with van der Waals surface area (Å²) < 4.78 is 10.7. The van der Waals surface area contributed by atoms with Gasteiger partial charge in [-0.1, -0.05) is 30.3 Å². The average molecular weight is 295 g/mol. The lowest BCUT2D eigenvalue weighted by Crippen LogP contribution is -2.07. The second kappa shape index (κ2) is 5.68. The highest BCUT2D eigenvalue weighted by Crippen LogP contribution is 2.14. The maximum atomic E-state index is 11.5. The standard InChI is InChI=1S/C13H11BrO3/c14-12-7-6-11(17-12)13(15)16-9-8-10-4-2-1-3-5-10/h1-7H,8-9H2. The van der Waals surface area contributed by atoms with Crippen LogP contribution in [-0.4, -0.2) is 12.6 Å². The molecule has 0 unspecified atom stereocenters. The third kappa shape index (κ3) is 3.46. The van der Waals surface area contributed by atoms with Gasteiger partial charge in [-0.05, 0) is 33.6 Å². The molecule has 0 saturated carbocycles. The number of hydrogen-bond donors (Lipinski definition) is 0. The summed E-state index contributed by atoms with van der Waals surface area (Å²) in [6.07, 6.45) is 0.703. The van der Waals surface area contributed by atoms with Crippen molar-refractivity contribution < 1.29 is 13.9 Å². The fourth-order valence-electron chi connectivity index (χ4n) is 1.40. The third-order valence-electron chi connectivity index (χ3n) is 2.24. The molecule has 0 saturated heterocycles. The van der Waals surface area contributed by atoms with E-state index in [1.807, 2.05) is 30.3 Å². The van der Waals surface area contributed by atoms with Crippen molar-refractivity contribution in [2.45, 2.75) is 6.42 Å². The van der Waals surface area contributed by atoms with Gasteiger partial charge in [0.15, 0.2) is 4.67 Å². The minimum Gasteiger partial charge on any atom is -0.459 e. The fourth-order valence-corrected chi connectivity index (χ4v) is 1.71. The molecule has 0 aliphatic heterocycles. The molecular weight excluding hydrogens is 284 g/mol. The van der Waals surface area contributed by atoms with Crippen LogP contribution in [0.1, 0.15) is 16.1 Å². The lowest BCUT2D eigenvalue weighted by atomic mass is 10.2. The topological polar surface area (TPSA) is 39.4 Å². The number of halogens is 1. The van der Waals surface area contributed by atoms with Crippen molar-refractivity contribution in [2.75, 3.05) is 6.61 Å². The first-order valence-corrected chi connectivity index (χ1v) is 6.01. The molecule has 0 aliphatic rings. The van der Waals surface area contributed by atoms with Gasteiger partial charge in [0.1, 0.15) is 0 Å². The van der Waals surface area contributed by atoms with Gasteiger partial charge in [-0.15, -0.1) is 0 Å². The molecule has 17 heavy (non-hydrogen) atoms. The number of rotatable bonds is 4. The van der Waals surface area contributed by atoms with Gasteiger partial charge >= 0.3 is 5.97 Å². The Balaban J connectivity index is 1.81. The highest BCUT2D eigenvalue weighted by Gasteiger charge is 2.11. The molecule has 1 aromatic heterocycles. The molecule has 0 bridgehead atoms. The molecule has 4 heteroatoms. The number of esters is 1. The summed E-state index contributed by atoms with van der Waals surface area (Å²) in [5.41, 5.74) is 1.14. The Morgan fingerprint density at radius 2 is 1.94 bits per heavy atom. The van der Waals surface area contributed by atoms with Gasteiger partial charge < -0.3 is 9.15 Å². The van der Waals surface area contributed by atoms with E-state index in [1.165, 1.54) is 0 Å². The summed E-state index contributed by atoms with van der Waals surface area (Å²) >= 11 is 3.13. The maximum absolute atomic E-state index is 11.5. The van der Waals surface area contributed by atoms with E-state index >= 15 is 0 Å². The monoisotopic (exact) mass is 294 g/mol. The molecule has 1 heterocycles. The van der Waals surface area contributed by atoms with E-state index in [2.05, 4.69) is 15.9 Å². The van der Waals surface area contributed by atoms with E-state index in [0.29, 0.717) is 17.7 Å². The lowest BCUT2D eigenvalue weighted by molar-refractivity contribution is 0.0471. The highest BCUT2D eigenvalue weighted by molar-refractivity contribution is 9.10. The van der Waals surface area contributed by atoms with Gasteiger partial charge in [-0.25, -0.2) is 4.79 Å². The fraction of sp³-hybridized carbons (Fsp3) is 0.154. The summed E-state index contributed by atoms with van der Waals surface area (Å²) in [6.45, 7) is 0.348. The van der Waals surface area contributed by atoms with Crippen LogP contribution in [0.5, 0.6) is 0 Å². The SMILES string of the molecule is O=C(OCCc1ccccc1)c1ccc(Br)o1. The van der Waals surface area contributed by atoms with E-state index < -0.39 is 5.97 Å². The Kier molecular flexibility index (Phi) is 3.98. The van der Waals surface area contributed by atoms with Crippen LogP contribution >= 0.6 is 15.9 Å². The first kappa shape index (κ1) is 11.9. The quantitative estimate of drug-likeness (QED) is 0.811. The van der Waals surface area contributed by atoms with Gasteiger partial charge in [-0.2, -0.15) is 0 Å². The summed E-state index contributed by atoms with van der Waals surface area (Å²) in [4.78, 5) is 11.5. The Labute approximate surface area is 108 Å². The number of hydrogen-bond acceptors (Lipinski definition) is 3. The molecule has 0 amide bonds. The Morgan fingerprint density at radius 3 is 2.59 bits per heavy atom. The molecule has 3 nitrogen and oxygen atoms in total. The van der Waals surface area contributed by atoms with E-state index in [4.69, 9.17) is 9.15 Å². The smallest absolute Gasteiger partial charge is 0.374 e. The highest BCUT2D eigenvalue weighted by atomic mass is 79.9. The molecular formula is C13H11BrO3. The Hall–Kier alpha value is -1.55. The normalized spacial score (nSPS) is 10.2. The van der Waals surface area contributed by atoms with Crippen molar-refractivity contribution in [2.24, 2.45) is 0 Å². The van der Waals surface area contributed by atoms with Crippen LogP contribution in [-0.2, 0) is 11.2 Å². The number of carbonyl (C=O) groups is 1. The Bertz CT molecular complexity index is 490. The van der Waals surface area contributed by atoms with Gasteiger partial charge in [-0.3, -0.25) is 0 Å². The van der Waals surface area contributed by atoms with Crippen molar-refractivity contribution in [1.82, 2.24) is 0 Å². The molecule has 0 N–H and O–H groups in total. The van der Waals surface area contributed by atoms with Crippen LogP contribution < -0.4 is 0 Å². The van der Waals surface area contributed by atoms with Gasteiger partial charge in [0.2, 0.25) is 5.76 Å². The molecule has 0 radical (unpaired) electrons. The van der Waals surface area contributed by atoms with E-state index in [9.17, 15) is 4.79 Å². The Morgan fingerprint density at radius 1 is 1.18 bits per heavy atom. The zero-order valence-corrected chi connectivity index (χ0v) is 10.6. The van der Waals surface area contributed by atoms with Crippen molar-refractivity contribution in [3.05, 3.63) is 58.5 Å². The van der Waals surface area contributed by atoms with Crippen molar-refractivity contribution in [3.8, 4) is 0 Å². The van der Waals surface area contributed by atoms with Gasteiger partial charge in [0, 0.05) is 6.42 Å². The summed E-state index contributed by atoms with van der Waals surface area (Å²) in [5, 5.41) is 0. The zero-order chi connectivity index (χ0) is 12.1. The van der Waals surface area contributed by atoms with E-state index in [0.717, 1.165) is 5.56 Å². The van der Waals surface area contributed by atoms with Crippen LogP contribution in [0.4, 0.5) is 0 Å². The molecule has 0 spiro atoms. The first-order valence-electron chi connectivity index (χ1n) is 5.22. The second-order valence-electron chi connectivity index (χ2n) is 3.48. The van der Waals surface area contributed by atoms with Gasteiger partial charge in [0.25, 0.3) is 0 Å². The van der Waals surface area contributed by atoms with E-state index in [1.54, 1.807) is 12.1 Å². The summed E-state index contributed by atoms with van der Waals surface area (Å²) in [7, 11) is 0. The second-order valence-corrected chi connectivity index (χ2v) is 4.26. The number of benzene rings is 1. The molecule has 2 aromatic rings. The number of carbonyl (C=O) groups excluding carboxylic acids is 1. The minimum atomic E-state index is -0.438. The molecule has 2 rings (SSSR count). The van der Waals surface area contributed by atoms with Crippen LogP contribution in [0.25, 0.3) is 0 Å². The maximum Gasteiger partial charge on any atom is 0.374 e. The average Bonchev–Trinajstić information content (AvgIpc) is 2.77. The molecule has 0 fully saturated rings. The predicted octanol–water partition coefficient (Wildman–Crippen LogP) is 3.44. The molecule has 0 aliphatic carbocycles. The van der Waals surface area contributed by atoms with Crippen LogP contribution in [0.15, 0.2) is 51.6 Å². The molecule has 88 valence electrons. The van der Waals surface area contributed by atoms with Crippen molar-refractivity contribution in [1.29, 1.82) is 0 Å². The molecule has 0 atom stereocenters. The summed E-state index contributed by atoms with van der Waals surface area (Å²) in [5.74, 6) is -0.225. The predicted molar refractivity (Wildman–Crippen MR) is 66.8 cm³/mol. The van der Waals surface area contributed by atoms with E-state index in [-0.39, 0.29) is 5.76 Å². The molecule has 1 aromatic carbocycles. The van der Waals surface area contributed by atoms with Crippen molar-refractivity contribution in [3.63, 3.8) is 0 Å². The third-order valence-corrected chi connectivity index (χ3v) is 2.67. The number of furan rings is 1. The first-order chi connectivity index (χ1) is 8.25. The number of ether oxygens (including phenoxy) is 1. The lowest BCUT2D eigenvalue weighted by Gasteiger charge is -2.02. The minimum absolute atomic E-state index is 0.213. The van der Waals surface area contributed by atoms with Crippen molar-refractivity contribution >= 4 is 21.9 Å². The van der Waals surface area contributed by atoms with Gasteiger partial charge in [0.05, 0.1) is 6.61 Å². The largest absolute Gasteiger partial charge is 0.459 e. The zero-order valence-electron chi connectivity index (χ0n) is 9.06. The van der Waals surface area contributed by atoms with Crippen LogP contribution in [0.3, 0.4) is 0 Å². The van der Waals surface area contributed by atoms with Crippen LogP contribution in [0.2, 0.25) is 0 Å². The van der Waals surface area contributed by atoms with Crippen LogP contribution in [0, 0.1) is 0 Å². The summed E-state index contributed by atoms with van der Waals surface area (Å²) in [6, 6.07) is 13.1.